The second-order valence-electron chi connectivity index (χ2n) is 6.91. The number of benzene rings is 1. The van der Waals surface area contributed by atoms with Gasteiger partial charge in [0, 0.05) is 11.9 Å². The molecule has 2 aromatic heterocycles. The number of nitrogens with zero attached hydrogens (tertiary/aromatic N) is 1. The molecule has 0 saturated carbocycles. The summed E-state index contributed by atoms with van der Waals surface area (Å²) in [5, 5.41) is 0. The summed E-state index contributed by atoms with van der Waals surface area (Å²) >= 11 is 7.25. The minimum atomic E-state index is -3.89. The Kier molecular flexibility index (Phi) is 7.73. The van der Waals surface area contributed by atoms with E-state index in [4.69, 9.17) is 20.8 Å². The van der Waals surface area contributed by atoms with Gasteiger partial charge in [0.05, 0.1) is 34.1 Å². The van der Waals surface area contributed by atoms with Gasteiger partial charge < -0.3 is 14.1 Å². The summed E-state index contributed by atoms with van der Waals surface area (Å²) in [4.78, 5) is 27.1. The lowest BCUT2D eigenvalue weighted by molar-refractivity contribution is -0.133. The Balaban J connectivity index is 1.62. The first-order valence-corrected chi connectivity index (χ1v) is 12.1. The Labute approximate surface area is 194 Å². The number of aryl methyl sites for hydroxylation is 1. The number of esters is 1. The van der Waals surface area contributed by atoms with Crippen molar-refractivity contribution in [2.75, 3.05) is 13.7 Å². The predicted octanol–water partition coefficient (Wildman–Crippen LogP) is 3.60. The van der Waals surface area contributed by atoms with Crippen molar-refractivity contribution in [2.24, 2.45) is 0 Å². The quantitative estimate of drug-likeness (QED) is 0.454. The van der Waals surface area contributed by atoms with Crippen LogP contribution in [0, 0.1) is 6.92 Å². The minimum absolute atomic E-state index is 0.0285. The Morgan fingerprint density at radius 2 is 2.00 bits per heavy atom. The summed E-state index contributed by atoms with van der Waals surface area (Å²) in [5.74, 6) is -0.733. The fourth-order valence-corrected chi connectivity index (χ4v) is 4.88. The molecule has 2 heterocycles. The molecule has 0 bridgehead atoms. The van der Waals surface area contributed by atoms with Gasteiger partial charge in [0.1, 0.15) is 5.76 Å². The van der Waals surface area contributed by atoms with Gasteiger partial charge in [-0.2, -0.15) is 0 Å². The van der Waals surface area contributed by atoms with Crippen LogP contribution in [0.4, 0.5) is 0 Å². The van der Waals surface area contributed by atoms with Crippen LogP contribution < -0.4 is 4.72 Å². The van der Waals surface area contributed by atoms with Crippen molar-refractivity contribution in [3.8, 4) is 0 Å². The number of halogens is 1. The summed E-state index contributed by atoms with van der Waals surface area (Å²) in [7, 11) is -2.30. The SMILES string of the molecule is Cc1ccc(S(=O)(=O)NCc2ccco2)cc1C(=O)OCC(=O)N(C)Cc1ccc(Cl)s1. The van der Waals surface area contributed by atoms with Gasteiger partial charge in [-0.3, -0.25) is 4.79 Å². The van der Waals surface area contributed by atoms with Gasteiger partial charge in [0.25, 0.3) is 5.91 Å². The summed E-state index contributed by atoms with van der Waals surface area (Å²) in [6, 6.07) is 11.0. The number of carbonyl (C=O) groups is 2. The van der Waals surface area contributed by atoms with Gasteiger partial charge in [-0.25, -0.2) is 17.9 Å². The van der Waals surface area contributed by atoms with Crippen LogP contribution in [0.1, 0.15) is 26.6 Å². The van der Waals surface area contributed by atoms with E-state index in [1.165, 1.54) is 40.7 Å². The molecular formula is C21H21ClN2O6S2. The smallest absolute Gasteiger partial charge is 0.338 e. The highest BCUT2D eigenvalue weighted by molar-refractivity contribution is 7.89. The van der Waals surface area contributed by atoms with Crippen molar-refractivity contribution in [3.63, 3.8) is 0 Å². The van der Waals surface area contributed by atoms with Crippen LogP contribution >= 0.6 is 22.9 Å². The molecule has 0 atom stereocenters. The predicted molar refractivity (Wildman–Crippen MR) is 120 cm³/mol. The Morgan fingerprint density at radius 3 is 2.66 bits per heavy atom. The molecule has 0 radical (unpaired) electrons. The largest absolute Gasteiger partial charge is 0.468 e. The number of sulfonamides is 1. The third kappa shape index (κ3) is 6.19. The third-order valence-electron chi connectivity index (χ3n) is 4.53. The normalized spacial score (nSPS) is 11.3. The molecule has 0 spiro atoms. The molecule has 1 amide bonds. The molecule has 1 aromatic carbocycles. The topological polar surface area (TPSA) is 106 Å². The number of thiophene rings is 1. The first-order chi connectivity index (χ1) is 15.2. The first-order valence-electron chi connectivity index (χ1n) is 9.44. The lowest BCUT2D eigenvalue weighted by Crippen LogP contribution is -2.30. The minimum Gasteiger partial charge on any atom is -0.468 e. The number of rotatable bonds is 9. The molecule has 0 unspecified atom stereocenters. The van der Waals surface area contributed by atoms with Crippen molar-refractivity contribution in [1.29, 1.82) is 0 Å². The standard InChI is InChI=1S/C21H21ClN2O6S2/c1-14-5-7-17(32(27,28)23-11-15-4-3-9-29-15)10-18(14)21(26)30-13-20(25)24(2)12-16-6-8-19(22)31-16/h3-10,23H,11-13H2,1-2H3. The summed E-state index contributed by atoms with van der Waals surface area (Å²) in [6.07, 6.45) is 1.44. The number of hydrogen-bond donors (Lipinski definition) is 1. The highest BCUT2D eigenvalue weighted by atomic mass is 35.5. The van der Waals surface area contributed by atoms with E-state index in [9.17, 15) is 18.0 Å². The highest BCUT2D eigenvalue weighted by Crippen LogP contribution is 2.22. The van der Waals surface area contributed by atoms with Crippen LogP contribution in [0.3, 0.4) is 0 Å². The number of hydrogen-bond acceptors (Lipinski definition) is 7. The molecule has 0 aliphatic carbocycles. The Morgan fingerprint density at radius 1 is 1.22 bits per heavy atom. The number of nitrogens with one attached hydrogen (secondary N) is 1. The van der Waals surface area contributed by atoms with Crippen molar-refractivity contribution < 1.29 is 27.2 Å². The molecular weight excluding hydrogens is 476 g/mol. The van der Waals surface area contributed by atoms with E-state index < -0.39 is 28.5 Å². The second-order valence-corrected chi connectivity index (χ2v) is 10.5. The Bertz CT molecular complexity index is 1200. The molecule has 3 rings (SSSR count). The highest BCUT2D eigenvalue weighted by Gasteiger charge is 2.20. The molecule has 8 nitrogen and oxygen atoms in total. The maximum atomic E-state index is 12.6. The zero-order valence-electron chi connectivity index (χ0n) is 17.3. The van der Waals surface area contributed by atoms with E-state index in [0.717, 1.165) is 4.88 Å². The lowest BCUT2D eigenvalue weighted by Gasteiger charge is -2.16. The fourth-order valence-electron chi connectivity index (χ4n) is 2.72. The number of furan rings is 1. The summed E-state index contributed by atoms with van der Waals surface area (Å²) in [5.41, 5.74) is 0.584. The lowest BCUT2D eigenvalue weighted by atomic mass is 10.1. The van der Waals surface area contributed by atoms with E-state index in [0.29, 0.717) is 22.2 Å². The van der Waals surface area contributed by atoms with Gasteiger partial charge in [-0.1, -0.05) is 17.7 Å². The van der Waals surface area contributed by atoms with E-state index in [1.807, 2.05) is 6.07 Å². The number of likely N-dealkylation sites (N-methyl/N-ethyl adjacent to an activating group) is 1. The second kappa shape index (κ2) is 10.3. The van der Waals surface area contributed by atoms with Crippen LogP contribution in [0.25, 0.3) is 0 Å². The maximum absolute atomic E-state index is 12.6. The number of carbonyl (C=O) groups excluding carboxylic acids is 2. The van der Waals surface area contributed by atoms with E-state index in [1.54, 1.807) is 32.2 Å². The zero-order chi connectivity index (χ0) is 23.3. The average molecular weight is 497 g/mol. The molecule has 0 aliphatic heterocycles. The fraction of sp³-hybridized carbons (Fsp3) is 0.238. The van der Waals surface area contributed by atoms with Crippen LogP contribution in [-0.2, 0) is 32.6 Å². The van der Waals surface area contributed by atoms with Crippen molar-refractivity contribution in [3.05, 3.63) is 74.8 Å². The molecule has 32 heavy (non-hydrogen) atoms. The van der Waals surface area contributed by atoms with E-state index in [2.05, 4.69) is 4.72 Å². The molecule has 11 heteroatoms. The molecule has 1 N–H and O–H groups in total. The zero-order valence-corrected chi connectivity index (χ0v) is 19.7. The van der Waals surface area contributed by atoms with E-state index in [-0.39, 0.29) is 17.0 Å². The molecule has 0 fully saturated rings. The molecule has 3 aromatic rings. The van der Waals surface area contributed by atoms with Crippen LogP contribution in [0.2, 0.25) is 4.34 Å². The first kappa shape index (κ1) is 24.0. The number of ether oxygens (including phenoxy) is 1. The third-order valence-corrected chi connectivity index (χ3v) is 7.14. The molecule has 0 saturated heterocycles. The van der Waals surface area contributed by atoms with Crippen LogP contribution in [-0.4, -0.2) is 38.8 Å². The summed E-state index contributed by atoms with van der Waals surface area (Å²) < 4.78 is 38.4. The Hall–Kier alpha value is -2.66. The monoisotopic (exact) mass is 496 g/mol. The van der Waals surface area contributed by atoms with Gasteiger partial charge in [0.15, 0.2) is 6.61 Å². The van der Waals surface area contributed by atoms with Gasteiger partial charge in [0.2, 0.25) is 10.0 Å². The van der Waals surface area contributed by atoms with Crippen molar-refractivity contribution in [1.82, 2.24) is 9.62 Å². The van der Waals surface area contributed by atoms with Crippen molar-refractivity contribution in [2.45, 2.75) is 24.9 Å². The van der Waals surface area contributed by atoms with Gasteiger partial charge in [-0.05, 0) is 48.9 Å². The van der Waals surface area contributed by atoms with Crippen molar-refractivity contribution >= 4 is 44.8 Å². The summed E-state index contributed by atoms with van der Waals surface area (Å²) in [6.45, 7) is 1.49. The van der Waals surface area contributed by atoms with Gasteiger partial charge in [-0.15, -0.1) is 11.3 Å². The molecule has 0 aliphatic rings. The maximum Gasteiger partial charge on any atom is 0.338 e. The average Bonchev–Trinajstić information content (AvgIpc) is 3.42. The van der Waals surface area contributed by atoms with Gasteiger partial charge >= 0.3 is 5.97 Å². The van der Waals surface area contributed by atoms with Crippen LogP contribution in [0.5, 0.6) is 0 Å². The van der Waals surface area contributed by atoms with Crippen LogP contribution in [0.15, 0.2) is 58.0 Å². The number of amides is 1. The van der Waals surface area contributed by atoms with E-state index >= 15 is 0 Å². The molecule has 170 valence electrons.